The number of carboxylic acid groups (broad SMARTS) is 1. The average molecular weight is 668 g/mol. The summed E-state index contributed by atoms with van der Waals surface area (Å²) in [6, 6.07) is 20.5. The van der Waals surface area contributed by atoms with Gasteiger partial charge >= 0.3 is 5.97 Å². The predicted octanol–water partition coefficient (Wildman–Crippen LogP) is 6.83. The Morgan fingerprint density at radius 2 is 1.55 bits per heavy atom. The molecule has 0 aliphatic carbocycles. The molecule has 3 aromatic carbocycles. The molecule has 12 heteroatoms. The van der Waals surface area contributed by atoms with Crippen molar-refractivity contribution < 1.29 is 32.2 Å². The first-order valence-corrected chi connectivity index (χ1v) is 16.4. The molecular weight excluding hydrogens is 630 g/mol. The van der Waals surface area contributed by atoms with E-state index in [9.17, 15) is 27.5 Å². The molecule has 1 aliphatic rings. The molecule has 8 nitrogen and oxygen atoms in total. The summed E-state index contributed by atoms with van der Waals surface area (Å²) >= 11 is 11.6. The van der Waals surface area contributed by atoms with Gasteiger partial charge in [0.1, 0.15) is 11.9 Å². The summed E-state index contributed by atoms with van der Waals surface area (Å²) in [6.07, 6.45) is -1.76. The maximum absolute atomic E-state index is 14.9. The summed E-state index contributed by atoms with van der Waals surface area (Å²) in [5.41, 5.74) is 0.578. The third kappa shape index (κ3) is 8.94. The number of aliphatic carboxylic acids is 1. The molecule has 1 unspecified atom stereocenters. The summed E-state index contributed by atoms with van der Waals surface area (Å²) < 4.78 is 48.5. The van der Waals surface area contributed by atoms with Crippen LogP contribution in [0.2, 0.25) is 10.0 Å². The van der Waals surface area contributed by atoms with Gasteiger partial charge in [-0.25, -0.2) is 12.8 Å². The number of carbonyl (C=O) groups excluding carboxylic acids is 1. The molecule has 1 heterocycles. The fraction of sp³-hybridized carbons (Fsp3) is 0.375. The maximum Gasteiger partial charge on any atom is 0.306 e. The highest BCUT2D eigenvalue weighted by Gasteiger charge is 2.44. The van der Waals surface area contributed by atoms with E-state index in [1.54, 1.807) is 30.3 Å². The summed E-state index contributed by atoms with van der Waals surface area (Å²) in [6.45, 7) is 6.46. The molecule has 0 bridgehead atoms. The van der Waals surface area contributed by atoms with E-state index >= 15 is 0 Å². The highest BCUT2D eigenvalue weighted by atomic mass is 35.5. The van der Waals surface area contributed by atoms with Crippen LogP contribution in [-0.2, 0) is 24.3 Å². The molecule has 1 fully saturated rings. The number of carboxylic acids is 1. The SMILES string of the molecule is CC(C)C(CN(c1ccccc1F)S(=O)(=O)C(C)C)N1C(=O)[C@@H](CC(=O)O)OC[C@H]1c1ccc(Cl)cc1.Clc1ccccc1. The van der Waals surface area contributed by atoms with Crippen LogP contribution in [0.15, 0.2) is 78.9 Å². The van der Waals surface area contributed by atoms with Gasteiger partial charge in [0, 0.05) is 10.0 Å². The number of amides is 1. The van der Waals surface area contributed by atoms with Crippen LogP contribution in [0, 0.1) is 11.7 Å². The fourth-order valence-electron chi connectivity index (χ4n) is 4.77. The zero-order valence-electron chi connectivity index (χ0n) is 24.9. The van der Waals surface area contributed by atoms with E-state index in [-0.39, 0.29) is 24.8 Å². The van der Waals surface area contributed by atoms with Crippen LogP contribution in [0.3, 0.4) is 0 Å². The van der Waals surface area contributed by atoms with E-state index in [1.807, 2.05) is 44.2 Å². The average Bonchev–Trinajstić information content (AvgIpc) is 2.96. The Morgan fingerprint density at radius 3 is 2.05 bits per heavy atom. The first kappa shape index (κ1) is 35.3. The highest BCUT2D eigenvalue weighted by Crippen LogP contribution is 2.35. The number of nitrogens with zero attached hydrogens (tertiary/aromatic N) is 2. The van der Waals surface area contributed by atoms with E-state index in [0.717, 1.165) is 9.33 Å². The Morgan fingerprint density at radius 1 is 0.977 bits per heavy atom. The number of benzene rings is 3. The molecule has 238 valence electrons. The monoisotopic (exact) mass is 666 g/mol. The quantitative estimate of drug-likeness (QED) is 0.254. The number of ether oxygens (including phenoxy) is 1. The molecule has 4 rings (SSSR count). The molecule has 3 atom stereocenters. The van der Waals surface area contributed by atoms with E-state index in [2.05, 4.69) is 0 Å². The van der Waals surface area contributed by atoms with Gasteiger partial charge < -0.3 is 14.7 Å². The lowest BCUT2D eigenvalue weighted by Gasteiger charge is -2.46. The van der Waals surface area contributed by atoms with Crippen molar-refractivity contribution in [1.29, 1.82) is 0 Å². The molecule has 1 amide bonds. The molecular formula is C32H37Cl2FN2O6S. The molecule has 1 saturated heterocycles. The number of halogens is 3. The number of carbonyl (C=O) groups is 2. The number of para-hydroxylation sites is 1. The number of sulfonamides is 1. The lowest BCUT2D eigenvalue weighted by molar-refractivity contribution is -0.170. The molecule has 0 saturated carbocycles. The number of hydrogen-bond acceptors (Lipinski definition) is 5. The Labute approximate surface area is 268 Å². The second-order valence-corrected chi connectivity index (χ2v) is 14.2. The van der Waals surface area contributed by atoms with Crippen LogP contribution in [0.4, 0.5) is 10.1 Å². The van der Waals surface area contributed by atoms with Gasteiger partial charge in [0.25, 0.3) is 5.91 Å². The van der Waals surface area contributed by atoms with Crippen molar-refractivity contribution in [1.82, 2.24) is 4.90 Å². The Kier molecular flexibility index (Phi) is 12.6. The number of anilines is 1. The first-order chi connectivity index (χ1) is 20.7. The lowest BCUT2D eigenvalue weighted by Crippen LogP contribution is -2.59. The van der Waals surface area contributed by atoms with Gasteiger partial charge in [-0.15, -0.1) is 0 Å². The first-order valence-electron chi connectivity index (χ1n) is 14.1. The van der Waals surface area contributed by atoms with Crippen LogP contribution in [-0.4, -0.2) is 60.8 Å². The zero-order chi connectivity index (χ0) is 32.6. The van der Waals surface area contributed by atoms with E-state index < -0.39 is 57.6 Å². The van der Waals surface area contributed by atoms with Crippen molar-refractivity contribution in [3.05, 3.63) is 100 Å². The second-order valence-electron chi connectivity index (χ2n) is 10.9. The molecule has 0 radical (unpaired) electrons. The third-order valence-electron chi connectivity index (χ3n) is 7.17. The second kappa shape index (κ2) is 15.7. The number of rotatable bonds is 10. The molecule has 0 aromatic heterocycles. The van der Waals surface area contributed by atoms with Gasteiger partial charge in [-0.1, -0.05) is 79.5 Å². The lowest BCUT2D eigenvalue weighted by atomic mass is 9.94. The topological polar surface area (TPSA) is 104 Å². The van der Waals surface area contributed by atoms with Gasteiger partial charge in [0.05, 0.1) is 42.6 Å². The Hall–Kier alpha value is -3.18. The minimum absolute atomic E-state index is 0.00513. The van der Waals surface area contributed by atoms with E-state index in [1.165, 1.54) is 36.9 Å². The summed E-state index contributed by atoms with van der Waals surface area (Å²) in [5, 5.41) is 9.76. The Bertz CT molecular complexity index is 1510. The standard InChI is InChI=1S/C26H32ClFN2O6S.C6H5Cl/c1-16(2)22(14-29(37(34,35)17(3)4)21-8-6-5-7-20(21)28)30-23(18-9-11-19(27)12-10-18)15-36-24(26(30)33)13-25(31)32;7-6-4-2-1-3-5-6/h5-12,16-17,22-24H,13-15H2,1-4H3,(H,31,32);1-5H/t22?,23-,24+;/m0./s1. The summed E-state index contributed by atoms with van der Waals surface area (Å²) in [7, 11) is -4.01. The highest BCUT2D eigenvalue weighted by molar-refractivity contribution is 7.93. The smallest absolute Gasteiger partial charge is 0.306 e. The van der Waals surface area contributed by atoms with Crippen LogP contribution < -0.4 is 4.31 Å². The van der Waals surface area contributed by atoms with Crippen molar-refractivity contribution in [2.75, 3.05) is 17.5 Å². The fourth-order valence-corrected chi connectivity index (χ4v) is 6.34. The molecule has 3 aromatic rings. The van der Waals surface area contributed by atoms with Crippen LogP contribution in [0.5, 0.6) is 0 Å². The van der Waals surface area contributed by atoms with Gasteiger partial charge in [-0.3, -0.25) is 13.9 Å². The zero-order valence-corrected chi connectivity index (χ0v) is 27.3. The van der Waals surface area contributed by atoms with Crippen molar-refractivity contribution in [3.63, 3.8) is 0 Å². The predicted molar refractivity (Wildman–Crippen MR) is 171 cm³/mol. The van der Waals surface area contributed by atoms with Crippen LogP contribution in [0.1, 0.15) is 45.7 Å². The Balaban J connectivity index is 0.000000662. The van der Waals surface area contributed by atoms with Gasteiger partial charge in [-0.05, 0) is 61.7 Å². The molecule has 44 heavy (non-hydrogen) atoms. The van der Waals surface area contributed by atoms with Gasteiger partial charge in [0.2, 0.25) is 10.0 Å². The molecule has 1 aliphatic heterocycles. The van der Waals surface area contributed by atoms with Crippen molar-refractivity contribution >= 4 is 50.8 Å². The van der Waals surface area contributed by atoms with Crippen molar-refractivity contribution in [3.8, 4) is 0 Å². The van der Waals surface area contributed by atoms with Crippen LogP contribution >= 0.6 is 23.2 Å². The van der Waals surface area contributed by atoms with Gasteiger partial charge in [0.15, 0.2) is 0 Å². The van der Waals surface area contributed by atoms with Crippen LogP contribution in [0.25, 0.3) is 0 Å². The number of morpholine rings is 1. The van der Waals surface area contributed by atoms with E-state index in [0.29, 0.717) is 10.6 Å². The molecule has 0 spiro atoms. The number of hydrogen-bond donors (Lipinski definition) is 1. The maximum atomic E-state index is 14.9. The third-order valence-corrected chi connectivity index (χ3v) is 9.83. The van der Waals surface area contributed by atoms with Crippen molar-refractivity contribution in [2.24, 2.45) is 5.92 Å². The minimum atomic E-state index is -4.01. The normalized spacial score (nSPS) is 17.7. The van der Waals surface area contributed by atoms with Crippen molar-refractivity contribution in [2.45, 2.75) is 57.6 Å². The summed E-state index contributed by atoms with van der Waals surface area (Å²) in [5.74, 6) is -2.75. The van der Waals surface area contributed by atoms with Gasteiger partial charge in [-0.2, -0.15) is 0 Å². The van der Waals surface area contributed by atoms with E-state index in [4.69, 9.17) is 27.9 Å². The largest absolute Gasteiger partial charge is 0.481 e. The summed E-state index contributed by atoms with van der Waals surface area (Å²) in [4.78, 5) is 26.6. The molecule has 1 N–H and O–H groups in total. The minimum Gasteiger partial charge on any atom is -0.481 e.